The van der Waals surface area contributed by atoms with Crippen LogP contribution >= 0.6 is 11.3 Å². The molecule has 3 heteroatoms. The molecule has 0 aliphatic carbocycles. The van der Waals surface area contributed by atoms with Crippen LogP contribution < -0.4 is 5.43 Å². The van der Waals surface area contributed by atoms with Crippen molar-refractivity contribution in [1.82, 2.24) is 4.57 Å². The summed E-state index contributed by atoms with van der Waals surface area (Å²) in [5, 5.41) is 0.928. The first-order chi connectivity index (χ1) is 12.2. The average Bonchev–Trinajstić information content (AvgIpc) is 2.86. The summed E-state index contributed by atoms with van der Waals surface area (Å²) in [6.07, 6.45) is 0.835. The lowest BCUT2D eigenvalue weighted by Crippen LogP contribution is -2.20. The topological polar surface area (TPSA) is 22.0 Å². The lowest BCUT2D eigenvalue weighted by Gasteiger charge is -2.18. The molecule has 2 heterocycles. The number of hydrogen-bond acceptors (Lipinski definition) is 2. The lowest BCUT2D eigenvalue weighted by atomic mass is 9.98. The fraction of sp³-hybridized carbons (Fsp3) is 0.435. The monoisotopic (exact) mass is 367 g/mol. The molecule has 3 rings (SSSR count). The van der Waals surface area contributed by atoms with Crippen molar-refractivity contribution in [2.45, 2.75) is 61.4 Å². The Balaban J connectivity index is 2.27. The molecule has 2 nitrogen and oxygen atoms in total. The van der Waals surface area contributed by atoms with E-state index >= 15 is 0 Å². The summed E-state index contributed by atoms with van der Waals surface area (Å²) < 4.78 is 2.36. The minimum Gasteiger partial charge on any atom is -0.332 e. The molecule has 0 N–H and O–H groups in total. The molecule has 0 bridgehead atoms. The number of pyridine rings is 1. The van der Waals surface area contributed by atoms with Crippen molar-refractivity contribution in [3.05, 3.63) is 66.8 Å². The maximum atomic E-state index is 13.2. The van der Waals surface area contributed by atoms with Gasteiger partial charge in [-0.15, -0.1) is 11.3 Å². The first-order valence-corrected chi connectivity index (χ1v) is 10.2. The number of thiophene rings is 1. The van der Waals surface area contributed by atoms with E-state index in [9.17, 15) is 4.79 Å². The largest absolute Gasteiger partial charge is 0.332 e. The molecule has 26 heavy (non-hydrogen) atoms. The van der Waals surface area contributed by atoms with Crippen LogP contribution in [-0.4, -0.2) is 4.57 Å². The Hall–Kier alpha value is -1.87. The van der Waals surface area contributed by atoms with E-state index in [1.807, 2.05) is 0 Å². The van der Waals surface area contributed by atoms with E-state index in [0.717, 1.165) is 40.0 Å². The van der Waals surface area contributed by atoms with Crippen LogP contribution in [0.5, 0.6) is 0 Å². The summed E-state index contributed by atoms with van der Waals surface area (Å²) in [4.78, 5) is 15.6. The molecule has 1 aromatic carbocycles. The Labute approximate surface area is 160 Å². The Morgan fingerprint density at radius 2 is 1.73 bits per heavy atom. The van der Waals surface area contributed by atoms with Gasteiger partial charge in [-0.1, -0.05) is 32.0 Å². The number of aromatic nitrogens is 1. The van der Waals surface area contributed by atoms with Gasteiger partial charge in [0.1, 0.15) is 4.83 Å². The average molecular weight is 368 g/mol. The van der Waals surface area contributed by atoms with Crippen molar-refractivity contribution < 1.29 is 0 Å². The molecule has 0 radical (unpaired) electrons. The Morgan fingerprint density at radius 3 is 2.35 bits per heavy atom. The molecular weight excluding hydrogens is 338 g/mol. The number of nitrogens with zero attached hydrogens (tertiary/aromatic N) is 1. The van der Waals surface area contributed by atoms with Gasteiger partial charge in [0.2, 0.25) is 0 Å². The van der Waals surface area contributed by atoms with Gasteiger partial charge < -0.3 is 4.57 Å². The fourth-order valence-corrected chi connectivity index (χ4v) is 4.83. The summed E-state index contributed by atoms with van der Waals surface area (Å²) in [5.41, 5.74) is 7.42. The van der Waals surface area contributed by atoms with Crippen LogP contribution in [0.15, 0.2) is 23.0 Å². The number of fused-ring (bicyclic) bond motifs is 1. The molecule has 0 fully saturated rings. The third-order valence-electron chi connectivity index (χ3n) is 5.48. The normalized spacial score (nSPS) is 11.7. The highest BCUT2D eigenvalue weighted by Crippen LogP contribution is 2.31. The molecule has 0 aliphatic rings. The van der Waals surface area contributed by atoms with Gasteiger partial charge in [-0.3, -0.25) is 4.79 Å². The van der Waals surface area contributed by atoms with Gasteiger partial charge in [-0.05, 0) is 69.2 Å². The van der Waals surface area contributed by atoms with E-state index in [-0.39, 0.29) is 5.43 Å². The molecule has 0 amide bonds. The number of benzene rings is 1. The molecule has 0 atom stereocenters. The van der Waals surface area contributed by atoms with Gasteiger partial charge in [-0.2, -0.15) is 0 Å². The maximum Gasteiger partial charge on any atom is 0.194 e. The van der Waals surface area contributed by atoms with Gasteiger partial charge in [0.05, 0.1) is 5.39 Å². The standard InChI is InChI=1S/C23H29NOS/c1-13(2)10-20-17(6)24(12-19-9-8-14(3)15(4)11-19)23-21(22(20)25)16(5)18(7)26-23/h8-9,11,13H,10,12H2,1-7H3. The van der Waals surface area contributed by atoms with Crippen LogP contribution in [-0.2, 0) is 13.0 Å². The van der Waals surface area contributed by atoms with E-state index in [1.165, 1.54) is 21.6 Å². The van der Waals surface area contributed by atoms with Gasteiger partial charge in [-0.25, -0.2) is 0 Å². The molecule has 0 spiro atoms. The van der Waals surface area contributed by atoms with E-state index in [0.29, 0.717) is 5.92 Å². The summed E-state index contributed by atoms with van der Waals surface area (Å²) in [6, 6.07) is 6.68. The molecule has 0 unspecified atom stereocenters. The second-order valence-electron chi connectivity index (χ2n) is 7.96. The fourth-order valence-electron chi connectivity index (χ4n) is 3.62. The van der Waals surface area contributed by atoms with Crippen molar-refractivity contribution in [3.63, 3.8) is 0 Å². The summed E-state index contributed by atoms with van der Waals surface area (Å²) in [5.74, 6) is 0.467. The molecule has 2 aromatic heterocycles. The molecule has 0 aliphatic heterocycles. The highest BCUT2D eigenvalue weighted by atomic mass is 32.1. The van der Waals surface area contributed by atoms with Crippen LogP contribution in [0.2, 0.25) is 0 Å². The van der Waals surface area contributed by atoms with Crippen molar-refractivity contribution in [3.8, 4) is 0 Å². The minimum atomic E-state index is 0.240. The lowest BCUT2D eigenvalue weighted by molar-refractivity contribution is 0.633. The minimum absolute atomic E-state index is 0.240. The van der Waals surface area contributed by atoms with Crippen LogP contribution in [0, 0.1) is 40.5 Å². The van der Waals surface area contributed by atoms with Crippen LogP contribution in [0.4, 0.5) is 0 Å². The smallest absolute Gasteiger partial charge is 0.194 e. The number of aryl methyl sites for hydroxylation is 4. The highest BCUT2D eigenvalue weighted by molar-refractivity contribution is 7.18. The van der Waals surface area contributed by atoms with E-state index < -0.39 is 0 Å². The number of rotatable bonds is 4. The van der Waals surface area contributed by atoms with Gasteiger partial charge in [0.25, 0.3) is 0 Å². The van der Waals surface area contributed by atoms with E-state index in [4.69, 9.17) is 0 Å². The van der Waals surface area contributed by atoms with Crippen molar-refractivity contribution >= 4 is 21.6 Å². The first-order valence-electron chi connectivity index (χ1n) is 9.38. The van der Waals surface area contributed by atoms with Crippen LogP contribution in [0.25, 0.3) is 10.2 Å². The third-order valence-corrected chi connectivity index (χ3v) is 6.71. The summed E-state index contributed by atoms with van der Waals surface area (Å²) in [6.45, 7) is 15.8. The first kappa shape index (κ1) is 18.9. The second kappa shape index (κ2) is 7.03. The zero-order valence-electron chi connectivity index (χ0n) is 17.0. The summed E-state index contributed by atoms with van der Waals surface area (Å²) in [7, 11) is 0. The molecule has 0 saturated carbocycles. The van der Waals surface area contributed by atoms with E-state index in [2.05, 4.69) is 71.2 Å². The van der Waals surface area contributed by atoms with Crippen molar-refractivity contribution in [2.24, 2.45) is 5.92 Å². The van der Waals surface area contributed by atoms with E-state index in [1.54, 1.807) is 11.3 Å². The van der Waals surface area contributed by atoms with Crippen LogP contribution in [0.3, 0.4) is 0 Å². The zero-order valence-corrected chi connectivity index (χ0v) is 17.8. The summed E-state index contributed by atoms with van der Waals surface area (Å²) >= 11 is 1.75. The Kier molecular flexibility index (Phi) is 5.12. The quantitative estimate of drug-likeness (QED) is 0.567. The molecule has 3 aromatic rings. The Bertz CT molecular complexity index is 1040. The zero-order chi connectivity index (χ0) is 19.2. The third kappa shape index (κ3) is 3.25. The van der Waals surface area contributed by atoms with Crippen LogP contribution in [0.1, 0.15) is 52.2 Å². The predicted octanol–water partition coefficient (Wildman–Crippen LogP) is 5.85. The highest BCUT2D eigenvalue weighted by Gasteiger charge is 2.19. The molecule has 138 valence electrons. The Morgan fingerprint density at radius 1 is 1.04 bits per heavy atom. The predicted molar refractivity (Wildman–Crippen MR) is 114 cm³/mol. The van der Waals surface area contributed by atoms with Crippen molar-refractivity contribution in [2.75, 3.05) is 0 Å². The maximum absolute atomic E-state index is 13.2. The number of hydrogen-bond donors (Lipinski definition) is 0. The molecular formula is C23H29NOS. The second-order valence-corrected chi connectivity index (χ2v) is 9.16. The van der Waals surface area contributed by atoms with Gasteiger partial charge in [0.15, 0.2) is 5.43 Å². The molecule has 0 saturated heterocycles. The van der Waals surface area contributed by atoms with Crippen molar-refractivity contribution in [1.29, 1.82) is 0 Å². The van der Waals surface area contributed by atoms with Gasteiger partial charge >= 0.3 is 0 Å². The van der Waals surface area contributed by atoms with Gasteiger partial charge in [0, 0.05) is 22.7 Å². The SMILES string of the molecule is Cc1ccc(Cn2c(C)c(CC(C)C)c(=O)c3c(C)c(C)sc32)cc1C.